The van der Waals surface area contributed by atoms with Gasteiger partial charge in [-0.1, -0.05) is 12.1 Å². The summed E-state index contributed by atoms with van der Waals surface area (Å²) in [5, 5.41) is 0. The molecular formula is C16H18FNO2. The van der Waals surface area contributed by atoms with E-state index in [1.165, 1.54) is 13.2 Å². The topological polar surface area (TPSA) is 44.5 Å². The molecule has 0 bridgehead atoms. The van der Waals surface area contributed by atoms with Crippen LogP contribution in [0.4, 0.5) is 4.39 Å². The lowest BCUT2D eigenvalue weighted by Crippen LogP contribution is -2.16. The highest BCUT2D eigenvalue weighted by molar-refractivity contribution is 5.46. The third-order valence-electron chi connectivity index (χ3n) is 3.36. The minimum Gasteiger partial charge on any atom is -0.497 e. The molecule has 0 saturated carbocycles. The molecule has 4 heteroatoms. The SMILES string of the molecule is COc1ccc(C(N)c2c(F)cccc2OC)c(C)c1. The molecule has 0 heterocycles. The molecule has 2 aromatic rings. The van der Waals surface area contributed by atoms with Crippen LogP contribution in [0, 0.1) is 12.7 Å². The van der Waals surface area contributed by atoms with Crippen LogP contribution in [-0.4, -0.2) is 14.2 Å². The van der Waals surface area contributed by atoms with Crippen molar-refractivity contribution >= 4 is 0 Å². The van der Waals surface area contributed by atoms with Crippen molar-refractivity contribution in [1.29, 1.82) is 0 Å². The van der Waals surface area contributed by atoms with E-state index in [-0.39, 0.29) is 5.82 Å². The Morgan fingerprint density at radius 1 is 1.10 bits per heavy atom. The summed E-state index contributed by atoms with van der Waals surface area (Å²) < 4.78 is 24.4. The van der Waals surface area contributed by atoms with E-state index in [4.69, 9.17) is 15.2 Å². The first-order chi connectivity index (χ1) is 9.58. The normalized spacial score (nSPS) is 12.1. The molecule has 2 N–H and O–H groups in total. The summed E-state index contributed by atoms with van der Waals surface area (Å²) >= 11 is 0. The van der Waals surface area contributed by atoms with Crippen LogP contribution in [0.5, 0.6) is 11.5 Å². The number of rotatable bonds is 4. The number of hydrogen-bond acceptors (Lipinski definition) is 3. The van der Waals surface area contributed by atoms with Crippen molar-refractivity contribution in [2.75, 3.05) is 14.2 Å². The maximum Gasteiger partial charge on any atom is 0.132 e. The Morgan fingerprint density at radius 2 is 1.85 bits per heavy atom. The van der Waals surface area contributed by atoms with Crippen LogP contribution in [0.1, 0.15) is 22.7 Å². The van der Waals surface area contributed by atoms with Gasteiger partial charge in [-0.2, -0.15) is 0 Å². The number of methoxy groups -OCH3 is 2. The third-order valence-corrected chi connectivity index (χ3v) is 3.36. The Hall–Kier alpha value is -2.07. The molecule has 3 nitrogen and oxygen atoms in total. The van der Waals surface area contributed by atoms with Crippen LogP contribution in [0.25, 0.3) is 0 Å². The van der Waals surface area contributed by atoms with Crippen LogP contribution in [0.15, 0.2) is 36.4 Å². The van der Waals surface area contributed by atoms with E-state index in [2.05, 4.69) is 0 Å². The predicted octanol–water partition coefficient (Wildman–Crippen LogP) is 3.20. The van der Waals surface area contributed by atoms with Gasteiger partial charge in [0.25, 0.3) is 0 Å². The van der Waals surface area contributed by atoms with E-state index in [9.17, 15) is 4.39 Å². The van der Waals surface area contributed by atoms with E-state index < -0.39 is 6.04 Å². The zero-order valence-corrected chi connectivity index (χ0v) is 11.8. The highest BCUT2D eigenvalue weighted by Gasteiger charge is 2.20. The van der Waals surface area contributed by atoms with E-state index in [0.717, 1.165) is 16.9 Å². The number of ether oxygens (including phenoxy) is 2. The molecule has 106 valence electrons. The fraction of sp³-hybridized carbons (Fsp3) is 0.250. The monoisotopic (exact) mass is 275 g/mol. The zero-order chi connectivity index (χ0) is 14.7. The summed E-state index contributed by atoms with van der Waals surface area (Å²) in [6, 6.07) is 9.65. The second-order valence-electron chi connectivity index (χ2n) is 4.56. The van der Waals surface area contributed by atoms with E-state index >= 15 is 0 Å². The molecule has 0 aromatic heterocycles. The molecular weight excluding hydrogens is 257 g/mol. The summed E-state index contributed by atoms with van der Waals surface area (Å²) in [5.41, 5.74) is 8.38. The lowest BCUT2D eigenvalue weighted by atomic mass is 9.94. The Bertz CT molecular complexity index is 613. The summed E-state index contributed by atoms with van der Waals surface area (Å²) in [5.74, 6) is 0.832. The molecule has 0 aliphatic heterocycles. The Kier molecular flexibility index (Phi) is 4.25. The molecule has 1 unspecified atom stereocenters. The van der Waals surface area contributed by atoms with E-state index in [0.29, 0.717) is 11.3 Å². The summed E-state index contributed by atoms with van der Waals surface area (Å²) in [6.07, 6.45) is 0. The zero-order valence-electron chi connectivity index (χ0n) is 11.8. The van der Waals surface area contributed by atoms with Gasteiger partial charge in [0.15, 0.2) is 0 Å². The Morgan fingerprint density at radius 3 is 2.45 bits per heavy atom. The average molecular weight is 275 g/mol. The summed E-state index contributed by atoms with van der Waals surface area (Å²) in [4.78, 5) is 0. The fourth-order valence-electron chi connectivity index (χ4n) is 2.28. The van der Waals surface area contributed by atoms with Gasteiger partial charge in [0.1, 0.15) is 17.3 Å². The minimum absolute atomic E-state index is 0.364. The summed E-state index contributed by atoms with van der Waals surface area (Å²) in [7, 11) is 3.11. The molecule has 0 aliphatic rings. The standard InChI is InChI=1S/C16H18FNO2/c1-10-9-11(19-2)7-8-12(10)16(18)15-13(17)5-4-6-14(15)20-3/h4-9,16H,18H2,1-3H3. The maximum atomic E-state index is 14.1. The van der Waals surface area contributed by atoms with Crippen LogP contribution in [0.3, 0.4) is 0 Å². The number of halogens is 1. The second-order valence-corrected chi connectivity index (χ2v) is 4.56. The quantitative estimate of drug-likeness (QED) is 0.932. The largest absolute Gasteiger partial charge is 0.497 e. The molecule has 2 rings (SSSR count). The fourth-order valence-corrected chi connectivity index (χ4v) is 2.28. The molecule has 1 atom stereocenters. The Balaban J connectivity index is 2.49. The molecule has 2 aromatic carbocycles. The first-order valence-corrected chi connectivity index (χ1v) is 6.31. The highest BCUT2D eigenvalue weighted by Crippen LogP contribution is 2.33. The van der Waals surface area contributed by atoms with E-state index in [1.54, 1.807) is 19.2 Å². The molecule has 0 saturated heterocycles. The first-order valence-electron chi connectivity index (χ1n) is 6.31. The lowest BCUT2D eigenvalue weighted by molar-refractivity contribution is 0.401. The van der Waals surface area contributed by atoms with Crippen LogP contribution in [-0.2, 0) is 0 Å². The van der Waals surface area contributed by atoms with Crippen molar-refractivity contribution in [2.45, 2.75) is 13.0 Å². The van der Waals surface area contributed by atoms with Crippen molar-refractivity contribution in [1.82, 2.24) is 0 Å². The number of hydrogen-bond donors (Lipinski definition) is 1. The lowest BCUT2D eigenvalue weighted by Gasteiger charge is -2.19. The van der Waals surface area contributed by atoms with Gasteiger partial charge in [-0.3, -0.25) is 0 Å². The average Bonchev–Trinajstić information content (AvgIpc) is 2.46. The van der Waals surface area contributed by atoms with Crippen molar-refractivity contribution in [3.05, 3.63) is 58.9 Å². The van der Waals surface area contributed by atoms with Crippen LogP contribution < -0.4 is 15.2 Å². The summed E-state index contributed by atoms with van der Waals surface area (Å²) in [6.45, 7) is 1.92. The Labute approximate surface area is 118 Å². The molecule has 0 spiro atoms. The van der Waals surface area contributed by atoms with Gasteiger partial charge >= 0.3 is 0 Å². The number of aryl methyl sites for hydroxylation is 1. The van der Waals surface area contributed by atoms with Gasteiger partial charge in [0.05, 0.1) is 25.8 Å². The van der Waals surface area contributed by atoms with Gasteiger partial charge in [0.2, 0.25) is 0 Å². The smallest absolute Gasteiger partial charge is 0.132 e. The third kappa shape index (κ3) is 2.60. The molecule has 0 fully saturated rings. The molecule has 20 heavy (non-hydrogen) atoms. The predicted molar refractivity (Wildman–Crippen MR) is 76.7 cm³/mol. The van der Waals surface area contributed by atoms with Gasteiger partial charge in [0, 0.05) is 0 Å². The first kappa shape index (κ1) is 14.3. The van der Waals surface area contributed by atoms with Crippen molar-refractivity contribution in [2.24, 2.45) is 5.73 Å². The number of nitrogens with two attached hydrogens (primary N) is 1. The van der Waals surface area contributed by atoms with E-state index in [1.807, 2.05) is 25.1 Å². The van der Waals surface area contributed by atoms with Crippen molar-refractivity contribution in [3.8, 4) is 11.5 Å². The molecule has 0 aliphatic carbocycles. The van der Waals surface area contributed by atoms with Gasteiger partial charge in [-0.15, -0.1) is 0 Å². The van der Waals surface area contributed by atoms with Crippen molar-refractivity contribution in [3.63, 3.8) is 0 Å². The van der Waals surface area contributed by atoms with Gasteiger partial charge in [-0.25, -0.2) is 4.39 Å². The van der Waals surface area contributed by atoms with Gasteiger partial charge in [-0.05, 0) is 42.3 Å². The maximum absolute atomic E-state index is 14.1. The van der Waals surface area contributed by atoms with Crippen molar-refractivity contribution < 1.29 is 13.9 Å². The highest BCUT2D eigenvalue weighted by atomic mass is 19.1. The second kappa shape index (κ2) is 5.92. The van der Waals surface area contributed by atoms with Crippen LogP contribution >= 0.6 is 0 Å². The van der Waals surface area contributed by atoms with Crippen LogP contribution in [0.2, 0.25) is 0 Å². The minimum atomic E-state index is -0.586. The molecule has 0 radical (unpaired) electrons. The number of benzene rings is 2. The molecule has 0 amide bonds. The van der Waals surface area contributed by atoms with Gasteiger partial charge < -0.3 is 15.2 Å².